The van der Waals surface area contributed by atoms with Crippen LogP contribution in [0.3, 0.4) is 0 Å². The highest BCUT2D eigenvalue weighted by Crippen LogP contribution is 2.31. The highest BCUT2D eigenvalue weighted by Gasteiger charge is 2.22. The Morgan fingerprint density at radius 1 is 1.13 bits per heavy atom. The molecule has 2 aromatic rings. The second-order valence-electron chi connectivity index (χ2n) is 3.25. The molecule has 0 N–H and O–H groups in total. The fourth-order valence-electron chi connectivity index (χ4n) is 1.55. The molecule has 15 heavy (non-hydrogen) atoms. The van der Waals surface area contributed by atoms with E-state index < -0.39 is 0 Å². The van der Waals surface area contributed by atoms with Gasteiger partial charge in [0.2, 0.25) is 6.29 Å². The van der Waals surface area contributed by atoms with Crippen LogP contribution in [0.25, 0.3) is 10.6 Å². The van der Waals surface area contributed by atoms with Crippen molar-refractivity contribution >= 4 is 11.3 Å². The van der Waals surface area contributed by atoms with Gasteiger partial charge in [-0.1, -0.05) is 6.07 Å². The van der Waals surface area contributed by atoms with Crippen LogP contribution in [-0.2, 0) is 9.47 Å². The number of rotatable bonds is 2. The summed E-state index contributed by atoms with van der Waals surface area (Å²) in [5, 5.41) is 2.03. The molecule has 1 aliphatic heterocycles. The van der Waals surface area contributed by atoms with Gasteiger partial charge in [0.15, 0.2) is 5.76 Å². The van der Waals surface area contributed by atoms with Crippen LogP contribution in [0, 0.1) is 0 Å². The molecule has 0 bridgehead atoms. The van der Waals surface area contributed by atoms with Crippen molar-refractivity contribution in [2.75, 3.05) is 13.2 Å². The van der Waals surface area contributed by atoms with Gasteiger partial charge < -0.3 is 13.9 Å². The Labute approximate surface area is 91.2 Å². The van der Waals surface area contributed by atoms with E-state index in [1.165, 1.54) is 0 Å². The molecule has 0 amide bonds. The second kappa shape index (κ2) is 3.81. The molecule has 3 nitrogen and oxygen atoms in total. The van der Waals surface area contributed by atoms with Crippen LogP contribution >= 0.6 is 11.3 Å². The molecule has 3 heterocycles. The van der Waals surface area contributed by atoms with Gasteiger partial charge in [-0.05, 0) is 23.6 Å². The van der Waals surface area contributed by atoms with Crippen LogP contribution in [0.15, 0.2) is 34.1 Å². The highest BCUT2D eigenvalue weighted by molar-refractivity contribution is 7.13. The SMILES string of the molecule is c1csc(-c2ccc(C3OCCO3)o2)c1. The minimum atomic E-state index is -0.321. The van der Waals surface area contributed by atoms with Gasteiger partial charge in [-0.3, -0.25) is 0 Å². The van der Waals surface area contributed by atoms with Gasteiger partial charge in [-0.25, -0.2) is 0 Å². The fourth-order valence-corrected chi connectivity index (χ4v) is 2.24. The molecule has 0 unspecified atom stereocenters. The average Bonchev–Trinajstić information content (AvgIpc) is 3.02. The van der Waals surface area contributed by atoms with Crippen molar-refractivity contribution in [2.45, 2.75) is 6.29 Å². The van der Waals surface area contributed by atoms with E-state index in [4.69, 9.17) is 13.9 Å². The summed E-state index contributed by atoms with van der Waals surface area (Å²) in [7, 11) is 0. The summed E-state index contributed by atoms with van der Waals surface area (Å²) in [5.41, 5.74) is 0. The minimum absolute atomic E-state index is 0.321. The molecule has 2 aromatic heterocycles. The van der Waals surface area contributed by atoms with Crippen molar-refractivity contribution in [2.24, 2.45) is 0 Å². The lowest BCUT2D eigenvalue weighted by atomic mass is 10.3. The summed E-state index contributed by atoms with van der Waals surface area (Å²) in [6.07, 6.45) is -0.321. The van der Waals surface area contributed by atoms with E-state index in [0.717, 1.165) is 16.4 Å². The third-order valence-corrected chi connectivity index (χ3v) is 3.13. The fraction of sp³-hybridized carbons (Fsp3) is 0.273. The van der Waals surface area contributed by atoms with Crippen molar-refractivity contribution in [1.29, 1.82) is 0 Å². The smallest absolute Gasteiger partial charge is 0.217 e. The lowest BCUT2D eigenvalue weighted by Crippen LogP contribution is -1.94. The lowest BCUT2D eigenvalue weighted by Gasteiger charge is -2.03. The molecule has 0 saturated carbocycles. The van der Waals surface area contributed by atoms with Crippen molar-refractivity contribution in [3.05, 3.63) is 35.4 Å². The van der Waals surface area contributed by atoms with E-state index >= 15 is 0 Å². The molecular formula is C11H10O3S. The average molecular weight is 222 g/mol. The Balaban J connectivity index is 1.87. The molecule has 1 fully saturated rings. The van der Waals surface area contributed by atoms with Crippen LogP contribution in [-0.4, -0.2) is 13.2 Å². The Morgan fingerprint density at radius 2 is 2.00 bits per heavy atom. The third kappa shape index (κ3) is 1.71. The molecule has 1 aliphatic rings. The number of thiophene rings is 1. The second-order valence-corrected chi connectivity index (χ2v) is 4.20. The number of ether oxygens (including phenoxy) is 2. The van der Waals surface area contributed by atoms with Gasteiger partial charge in [0.1, 0.15) is 5.76 Å². The summed E-state index contributed by atoms with van der Waals surface area (Å²) in [6, 6.07) is 7.89. The molecule has 4 heteroatoms. The topological polar surface area (TPSA) is 31.6 Å². The van der Waals surface area contributed by atoms with Crippen LogP contribution in [0.4, 0.5) is 0 Å². The van der Waals surface area contributed by atoms with Crippen molar-refractivity contribution in [1.82, 2.24) is 0 Å². The third-order valence-electron chi connectivity index (χ3n) is 2.24. The summed E-state index contributed by atoms with van der Waals surface area (Å²) in [6.45, 7) is 1.28. The van der Waals surface area contributed by atoms with Gasteiger partial charge in [-0.15, -0.1) is 11.3 Å². The molecule has 1 saturated heterocycles. The van der Waals surface area contributed by atoms with Crippen LogP contribution < -0.4 is 0 Å². The Kier molecular flexibility index (Phi) is 2.32. The first kappa shape index (κ1) is 9.15. The zero-order valence-electron chi connectivity index (χ0n) is 8.01. The molecule has 0 spiro atoms. The first-order valence-corrected chi connectivity index (χ1v) is 5.68. The minimum Gasteiger partial charge on any atom is -0.455 e. The van der Waals surface area contributed by atoms with Crippen molar-refractivity contribution < 1.29 is 13.9 Å². The maximum atomic E-state index is 5.67. The van der Waals surface area contributed by atoms with E-state index in [2.05, 4.69) is 0 Å². The van der Waals surface area contributed by atoms with Gasteiger partial charge >= 0.3 is 0 Å². The van der Waals surface area contributed by atoms with Crippen LogP contribution in [0.5, 0.6) is 0 Å². The number of hydrogen-bond donors (Lipinski definition) is 0. The molecule has 78 valence electrons. The summed E-state index contributed by atoms with van der Waals surface area (Å²) >= 11 is 1.66. The highest BCUT2D eigenvalue weighted by atomic mass is 32.1. The van der Waals surface area contributed by atoms with Crippen molar-refractivity contribution in [3.8, 4) is 10.6 Å². The molecule has 0 aliphatic carbocycles. The van der Waals surface area contributed by atoms with Gasteiger partial charge in [-0.2, -0.15) is 0 Å². The lowest BCUT2D eigenvalue weighted by molar-refractivity contribution is -0.0584. The maximum Gasteiger partial charge on any atom is 0.217 e. The number of hydrogen-bond acceptors (Lipinski definition) is 4. The predicted octanol–water partition coefficient (Wildman–Crippen LogP) is 3.05. The normalized spacial score (nSPS) is 17.3. The van der Waals surface area contributed by atoms with Crippen LogP contribution in [0.2, 0.25) is 0 Å². The first-order chi connectivity index (χ1) is 7.43. The largest absolute Gasteiger partial charge is 0.455 e. The van der Waals surface area contributed by atoms with Crippen molar-refractivity contribution in [3.63, 3.8) is 0 Å². The molecular weight excluding hydrogens is 212 g/mol. The van der Waals surface area contributed by atoms with E-state index in [1.54, 1.807) is 11.3 Å². The van der Waals surface area contributed by atoms with E-state index in [1.807, 2.05) is 29.6 Å². The molecule has 0 aromatic carbocycles. The quantitative estimate of drug-likeness (QED) is 0.782. The summed E-state index contributed by atoms with van der Waals surface area (Å²) in [4.78, 5) is 1.12. The maximum absolute atomic E-state index is 5.67. The van der Waals surface area contributed by atoms with E-state index in [-0.39, 0.29) is 6.29 Å². The molecule has 0 radical (unpaired) electrons. The van der Waals surface area contributed by atoms with E-state index in [0.29, 0.717) is 13.2 Å². The van der Waals surface area contributed by atoms with Gasteiger partial charge in [0.05, 0.1) is 18.1 Å². The molecule has 0 atom stereocenters. The summed E-state index contributed by atoms with van der Waals surface area (Å²) in [5.74, 6) is 1.62. The monoisotopic (exact) mass is 222 g/mol. The summed E-state index contributed by atoms with van der Waals surface area (Å²) < 4.78 is 16.4. The van der Waals surface area contributed by atoms with Gasteiger partial charge in [0.25, 0.3) is 0 Å². The Hall–Kier alpha value is -1.10. The van der Waals surface area contributed by atoms with Crippen LogP contribution in [0.1, 0.15) is 12.1 Å². The molecule has 3 rings (SSSR count). The Morgan fingerprint density at radius 3 is 2.73 bits per heavy atom. The van der Waals surface area contributed by atoms with Gasteiger partial charge in [0, 0.05) is 0 Å². The number of furan rings is 1. The Bertz CT molecular complexity index is 426. The standard InChI is InChI=1S/C11H10O3S/c1-2-10(15-7-1)8-3-4-9(14-8)11-12-5-6-13-11/h1-4,7,11H,5-6H2. The zero-order valence-corrected chi connectivity index (χ0v) is 8.83. The predicted molar refractivity (Wildman–Crippen MR) is 56.7 cm³/mol. The zero-order chi connectivity index (χ0) is 10.1. The van der Waals surface area contributed by atoms with E-state index in [9.17, 15) is 0 Å². The first-order valence-electron chi connectivity index (χ1n) is 4.80.